The van der Waals surface area contributed by atoms with Crippen LogP contribution in [-0.2, 0) is 9.53 Å². The Balaban J connectivity index is 1.93. The maximum absolute atomic E-state index is 11.9. The van der Waals surface area contributed by atoms with Gasteiger partial charge in [-0.05, 0) is 43.3 Å². The number of phenols is 1. The van der Waals surface area contributed by atoms with Crippen LogP contribution in [0.25, 0.3) is 0 Å². The summed E-state index contributed by atoms with van der Waals surface area (Å²) in [7, 11) is 0. The molecule has 0 spiro atoms. The Labute approximate surface area is 154 Å². The fraction of sp³-hybridized carbons (Fsp3) is 0.167. The van der Waals surface area contributed by atoms with Gasteiger partial charge in [0.2, 0.25) is 0 Å². The second-order valence-corrected chi connectivity index (χ2v) is 5.66. The van der Waals surface area contributed by atoms with Crippen LogP contribution in [0.4, 0.5) is 5.69 Å². The fourth-order valence-electron chi connectivity index (χ4n) is 2.08. The highest BCUT2D eigenvalue weighted by Crippen LogP contribution is 2.22. The van der Waals surface area contributed by atoms with Crippen molar-refractivity contribution >= 4 is 35.1 Å². The molecule has 0 radical (unpaired) electrons. The number of rotatable bonds is 6. The average molecular weight is 377 g/mol. The molecular formula is C18H17ClN2O5. The van der Waals surface area contributed by atoms with E-state index in [0.717, 1.165) is 0 Å². The summed E-state index contributed by atoms with van der Waals surface area (Å²) in [6, 6.07) is 10.3. The number of phenolic OH excluding ortho intramolecular Hbond substituents is 1. The Morgan fingerprint density at radius 2 is 1.92 bits per heavy atom. The van der Waals surface area contributed by atoms with Gasteiger partial charge in [-0.25, -0.2) is 4.79 Å². The number of halogens is 1. The number of benzene rings is 2. The number of amides is 2. The van der Waals surface area contributed by atoms with Crippen LogP contribution < -0.4 is 10.6 Å². The second-order valence-electron chi connectivity index (χ2n) is 5.23. The maximum atomic E-state index is 11.9. The molecule has 0 heterocycles. The molecule has 0 aliphatic rings. The van der Waals surface area contributed by atoms with Gasteiger partial charge in [-0.15, -0.1) is 0 Å². The number of ether oxygens (including phenoxy) is 1. The number of nitrogens with one attached hydrogen (secondary N) is 2. The molecule has 0 unspecified atom stereocenters. The fourth-order valence-corrected chi connectivity index (χ4v) is 2.25. The molecule has 2 rings (SSSR count). The molecule has 8 heteroatoms. The molecule has 2 aromatic carbocycles. The van der Waals surface area contributed by atoms with Gasteiger partial charge >= 0.3 is 5.97 Å². The first-order valence-corrected chi connectivity index (χ1v) is 8.12. The van der Waals surface area contributed by atoms with Crippen molar-refractivity contribution in [2.45, 2.75) is 6.92 Å². The minimum Gasteiger partial charge on any atom is -0.507 e. The smallest absolute Gasteiger partial charge is 0.342 e. The number of aromatic hydroxyl groups is 1. The Hall–Kier alpha value is -3.06. The molecule has 0 bridgehead atoms. The zero-order chi connectivity index (χ0) is 19.1. The number of carbonyl (C=O) groups excluding carboxylic acids is 3. The monoisotopic (exact) mass is 376 g/mol. The summed E-state index contributed by atoms with van der Waals surface area (Å²) in [5, 5.41) is 15.1. The first-order valence-electron chi connectivity index (χ1n) is 7.74. The van der Waals surface area contributed by atoms with E-state index in [1.165, 1.54) is 24.3 Å². The highest BCUT2D eigenvalue weighted by molar-refractivity contribution is 6.30. The van der Waals surface area contributed by atoms with Crippen LogP contribution in [0.2, 0.25) is 5.02 Å². The summed E-state index contributed by atoms with van der Waals surface area (Å²) < 4.78 is 4.87. The molecule has 0 fully saturated rings. The highest BCUT2D eigenvalue weighted by Gasteiger charge is 2.15. The summed E-state index contributed by atoms with van der Waals surface area (Å²) in [5.74, 6) is -2.03. The van der Waals surface area contributed by atoms with Crippen molar-refractivity contribution in [3.8, 4) is 5.75 Å². The van der Waals surface area contributed by atoms with Gasteiger partial charge < -0.3 is 20.5 Å². The molecule has 0 saturated heterocycles. The average Bonchev–Trinajstić information content (AvgIpc) is 2.60. The third-order valence-electron chi connectivity index (χ3n) is 3.26. The molecule has 136 valence electrons. The molecule has 0 atom stereocenters. The molecule has 3 N–H and O–H groups in total. The third-order valence-corrected chi connectivity index (χ3v) is 3.49. The van der Waals surface area contributed by atoms with Crippen LogP contribution in [0.1, 0.15) is 27.6 Å². The molecule has 0 aliphatic heterocycles. The van der Waals surface area contributed by atoms with E-state index in [0.29, 0.717) is 17.8 Å². The maximum Gasteiger partial charge on any atom is 0.342 e. The van der Waals surface area contributed by atoms with Crippen LogP contribution >= 0.6 is 11.6 Å². The number of carbonyl (C=O) groups is 3. The van der Waals surface area contributed by atoms with Crippen molar-refractivity contribution < 1.29 is 24.2 Å². The van der Waals surface area contributed by atoms with Crippen molar-refractivity contribution in [3.63, 3.8) is 0 Å². The minimum absolute atomic E-state index is 0.0968. The third kappa shape index (κ3) is 5.22. The van der Waals surface area contributed by atoms with E-state index in [1.807, 2.05) is 0 Å². The summed E-state index contributed by atoms with van der Waals surface area (Å²) in [5.41, 5.74) is 0.692. The van der Waals surface area contributed by atoms with Crippen molar-refractivity contribution in [1.29, 1.82) is 0 Å². The lowest BCUT2D eigenvalue weighted by Crippen LogP contribution is -2.23. The minimum atomic E-state index is -0.856. The zero-order valence-corrected chi connectivity index (χ0v) is 14.7. The predicted octanol–water partition coefficient (Wildman–Crippen LogP) is 2.59. The first kappa shape index (κ1) is 19.3. The van der Waals surface area contributed by atoms with E-state index in [9.17, 15) is 19.5 Å². The van der Waals surface area contributed by atoms with Gasteiger partial charge in [-0.2, -0.15) is 0 Å². The molecule has 0 aromatic heterocycles. The zero-order valence-electron chi connectivity index (χ0n) is 13.9. The number of esters is 1. The van der Waals surface area contributed by atoms with Gasteiger partial charge in [0.25, 0.3) is 11.8 Å². The topological polar surface area (TPSA) is 105 Å². The van der Waals surface area contributed by atoms with Gasteiger partial charge in [-0.3, -0.25) is 9.59 Å². The summed E-state index contributed by atoms with van der Waals surface area (Å²) >= 11 is 5.69. The summed E-state index contributed by atoms with van der Waals surface area (Å²) in [6.45, 7) is 1.74. The standard InChI is InChI=1S/C18H17ClN2O5/c1-2-20-17(24)11-4-3-5-13(8-11)21-16(23)10-26-18(25)14-7-6-12(19)9-15(14)22/h3-9,22H,2,10H2,1H3,(H,20,24)(H,21,23). The van der Waals surface area contributed by atoms with E-state index in [4.69, 9.17) is 16.3 Å². The molecule has 7 nitrogen and oxygen atoms in total. The first-order chi connectivity index (χ1) is 12.4. The molecule has 2 aromatic rings. The molecule has 26 heavy (non-hydrogen) atoms. The largest absolute Gasteiger partial charge is 0.507 e. The van der Waals surface area contributed by atoms with Crippen LogP contribution in [0.5, 0.6) is 5.75 Å². The van der Waals surface area contributed by atoms with Crippen LogP contribution in [0.15, 0.2) is 42.5 Å². The lowest BCUT2D eigenvalue weighted by atomic mass is 10.2. The normalized spacial score (nSPS) is 10.1. The van der Waals surface area contributed by atoms with Crippen LogP contribution in [0, 0.1) is 0 Å². The van der Waals surface area contributed by atoms with Gasteiger partial charge in [0.15, 0.2) is 6.61 Å². The van der Waals surface area contributed by atoms with E-state index in [1.54, 1.807) is 25.1 Å². The second kappa shape index (κ2) is 8.87. The molecular weight excluding hydrogens is 360 g/mol. The number of anilines is 1. The van der Waals surface area contributed by atoms with E-state index < -0.39 is 18.5 Å². The number of hydrogen-bond acceptors (Lipinski definition) is 5. The van der Waals surface area contributed by atoms with Crippen molar-refractivity contribution in [1.82, 2.24) is 5.32 Å². The van der Waals surface area contributed by atoms with E-state index >= 15 is 0 Å². The lowest BCUT2D eigenvalue weighted by Gasteiger charge is -2.09. The van der Waals surface area contributed by atoms with Gasteiger partial charge in [0, 0.05) is 22.8 Å². The van der Waals surface area contributed by atoms with Gasteiger partial charge in [0.05, 0.1) is 0 Å². The Morgan fingerprint density at radius 3 is 2.62 bits per heavy atom. The predicted molar refractivity (Wildman–Crippen MR) is 96.5 cm³/mol. The Bertz CT molecular complexity index is 838. The molecule has 0 aliphatic carbocycles. The SMILES string of the molecule is CCNC(=O)c1cccc(NC(=O)COC(=O)c2ccc(Cl)cc2O)c1. The van der Waals surface area contributed by atoms with Crippen LogP contribution in [-0.4, -0.2) is 36.0 Å². The molecule has 0 saturated carbocycles. The van der Waals surface area contributed by atoms with Crippen molar-refractivity contribution in [3.05, 3.63) is 58.6 Å². The summed E-state index contributed by atoms with van der Waals surface area (Å²) in [4.78, 5) is 35.6. The highest BCUT2D eigenvalue weighted by atomic mass is 35.5. The Kier molecular flexibility index (Phi) is 6.57. The molecule has 2 amide bonds. The van der Waals surface area contributed by atoms with E-state index in [2.05, 4.69) is 10.6 Å². The van der Waals surface area contributed by atoms with Gasteiger partial charge in [0.1, 0.15) is 11.3 Å². The van der Waals surface area contributed by atoms with Crippen molar-refractivity contribution in [2.24, 2.45) is 0 Å². The lowest BCUT2D eigenvalue weighted by molar-refractivity contribution is -0.119. The number of hydrogen-bond donors (Lipinski definition) is 3. The summed E-state index contributed by atoms with van der Waals surface area (Å²) in [6.07, 6.45) is 0. The Morgan fingerprint density at radius 1 is 1.15 bits per heavy atom. The van der Waals surface area contributed by atoms with Crippen molar-refractivity contribution in [2.75, 3.05) is 18.5 Å². The van der Waals surface area contributed by atoms with E-state index in [-0.39, 0.29) is 22.2 Å². The van der Waals surface area contributed by atoms with Crippen LogP contribution in [0.3, 0.4) is 0 Å². The van der Waals surface area contributed by atoms with Gasteiger partial charge in [-0.1, -0.05) is 17.7 Å². The quantitative estimate of drug-likeness (QED) is 0.672.